The molecule has 0 amide bonds. The zero-order chi connectivity index (χ0) is 13.9. The Labute approximate surface area is 120 Å². The van der Waals surface area contributed by atoms with Gasteiger partial charge in [0.2, 0.25) is 0 Å². The highest BCUT2D eigenvalue weighted by atomic mass is 32.1. The highest BCUT2D eigenvalue weighted by Gasteiger charge is 2.06. The van der Waals surface area contributed by atoms with E-state index in [0.29, 0.717) is 17.9 Å². The summed E-state index contributed by atoms with van der Waals surface area (Å²) in [6.07, 6.45) is 0. The van der Waals surface area contributed by atoms with Crippen molar-refractivity contribution in [2.75, 3.05) is 0 Å². The van der Waals surface area contributed by atoms with E-state index < -0.39 is 5.82 Å². The summed E-state index contributed by atoms with van der Waals surface area (Å²) >= 11 is 1.67. The minimum Gasteiger partial charge on any atom is -0.489 e. The second-order valence-corrected chi connectivity index (χ2v) is 5.41. The Hall–Kier alpha value is -1.91. The van der Waals surface area contributed by atoms with Crippen molar-refractivity contribution < 1.29 is 14.2 Å². The number of aliphatic hydroxyl groups excluding tert-OH is 1. The van der Waals surface area contributed by atoms with E-state index in [2.05, 4.69) is 17.5 Å². The molecule has 0 saturated heterocycles. The van der Waals surface area contributed by atoms with Crippen molar-refractivity contribution in [2.45, 2.75) is 13.2 Å². The van der Waals surface area contributed by atoms with Crippen LogP contribution in [-0.2, 0) is 13.2 Å². The van der Waals surface area contributed by atoms with Crippen molar-refractivity contribution in [3.8, 4) is 5.75 Å². The van der Waals surface area contributed by atoms with Crippen LogP contribution in [-0.4, -0.2) is 5.11 Å². The number of rotatable bonds is 4. The summed E-state index contributed by atoms with van der Waals surface area (Å²) in [6.45, 7) is 0.188. The Morgan fingerprint density at radius 1 is 1.15 bits per heavy atom. The van der Waals surface area contributed by atoms with Gasteiger partial charge in [0, 0.05) is 16.3 Å². The highest BCUT2D eigenvalue weighted by molar-refractivity contribution is 7.17. The average Bonchev–Trinajstić information content (AvgIpc) is 2.88. The molecule has 0 aliphatic heterocycles. The molecule has 3 rings (SSSR count). The van der Waals surface area contributed by atoms with E-state index in [1.165, 1.54) is 16.8 Å². The Bertz CT molecular complexity index is 736. The summed E-state index contributed by atoms with van der Waals surface area (Å²) in [5.41, 5.74) is 1.59. The van der Waals surface area contributed by atoms with Gasteiger partial charge in [0.1, 0.15) is 18.2 Å². The molecule has 0 unspecified atom stereocenters. The lowest BCUT2D eigenvalue weighted by atomic mass is 10.2. The third-order valence-electron chi connectivity index (χ3n) is 3.07. The van der Waals surface area contributed by atoms with Gasteiger partial charge in [0.25, 0.3) is 0 Å². The number of fused-ring (bicyclic) bond motifs is 1. The predicted octanol–water partition coefficient (Wildman–Crippen LogP) is 4.11. The summed E-state index contributed by atoms with van der Waals surface area (Å²) in [6, 6.07) is 12.4. The maximum Gasteiger partial charge on any atom is 0.127 e. The lowest BCUT2D eigenvalue weighted by Crippen LogP contribution is -1.96. The molecule has 0 fully saturated rings. The molecule has 2 nitrogen and oxygen atoms in total. The lowest BCUT2D eigenvalue weighted by Gasteiger charge is -2.07. The van der Waals surface area contributed by atoms with Gasteiger partial charge < -0.3 is 9.84 Å². The summed E-state index contributed by atoms with van der Waals surface area (Å²) in [4.78, 5) is 0. The lowest BCUT2D eigenvalue weighted by molar-refractivity contribution is 0.277. The monoisotopic (exact) mass is 288 g/mol. The molecule has 20 heavy (non-hydrogen) atoms. The predicted molar refractivity (Wildman–Crippen MR) is 78.5 cm³/mol. The third-order valence-corrected chi connectivity index (χ3v) is 4.08. The Kier molecular flexibility index (Phi) is 3.67. The number of thiophene rings is 1. The molecule has 102 valence electrons. The maximum absolute atomic E-state index is 13.3. The molecule has 0 atom stereocenters. The van der Waals surface area contributed by atoms with E-state index in [1.54, 1.807) is 17.4 Å². The van der Waals surface area contributed by atoms with Crippen molar-refractivity contribution in [1.29, 1.82) is 0 Å². The van der Waals surface area contributed by atoms with E-state index in [9.17, 15) is 4.39 Å². The zero-order valence-electron chi connectivity index (χ0n) is 10.7. The van der Waals surface area contributed by atoms with Crippen molar-refractivity contribution in [3.63, 3.8) is 0 Å². The molecule has 1 N–H and O–H groups in total. The molecule has 2 aromatic carbocycles. The summed E-state index contributed by atoms with van der Waals surface area (Å²) in [7, 11) is 0. The van der Waals surface area contributed by atoms with Gasteiger partial charge in [-0.1, -0.05) is 18.2 Å². The van der Waals surface area contributed by atoms with Crippen molar-refractivity contribution in [3.05, 3.63) is 64.8 Å². The number of benzene rings is 2. The smallest absolute Gasteiger partial charge is 0.127 e. The van der Waals surface area contributed by atoms with Crippen LogP contribution in [0.3, 0.4) is 0 Å². The summed E-state index contributed by atoms with van der Waals surface area (Å²) in [5.74, 6) is 0.0334. The largest absolute Gasteiger partial charge is 0.489 e. The van der Waals surface area contributed by atoms with Crippen LogP contribution in [0.2, 0.25) is 0 Å². The van der Waals surface area contributed by atoms with Gasteiger partial charge in [-0.05, 0) is 34.5 Å². The molecule has 0 aliphatic rings. The normalized spacial score (nSPS) is 10.9. The van der Waals surface area contributed by atoms with Crippen molar-refractivity contribution in [1.82, 2.24) is 0 Å². The minimum absolute atomic E-state index is 0.199. The van der Waals surface area contributed by atoms with Gasteiger partial charge in [-0.3, -0.25) is 0 Å². The summed E-state index contributed by atoms with van der Waals surface area (Å²) in [5, 5.41) is 12.3. The zero-order valence-corrected chi connectivity index (χ0v) is 11.5. The first-order valence-electron chi connectivity index (χ1n) is 6.24. The van der Waals surface area contributed by atoms with Gasteiger partial charge in [-0.25, -0.2) is 4.39 Å². The fourth-order valence-electron chi connectivity index (χ4n) is 2.10. The quantitative estimate of drug-likeness (QED) is 0.783. The van der Waals surface area contributed by atoms with E-state index >= 15 is 0 Å². The molecule has 0 radical (unpaired) electrons. The molecule has 1 aromatic heterocycles. The second kappa shape index (κ2) is 5.61. The van der Waals surface area contributed by atoms with E-state index in [-0.39, 0.29) is 6.61 Å². The molecule has 0 saturated carbocycles. The SMILES string of the molecule is OCc1cc(F)cc(OCc2csc3ccccc23)c1. The van der Waals surface area contributed by atoms with Gasteiger partial charge in [-0.15, -0.1) is 11.3 Å². The highest BCUT2D eigenvalue weighted by Crippen LogP contribution is 2.27. The third kappa shape index (κ3) is 2.66. The first kappa shape index (κ1) is 13.1. The van der Waals surface area contributed by atoms with E-state index in [4.69, 9.17) is 9.84 Å². The molecular weight excluding hydrogens is 275 g/mol. The van der Waals surface area contributed by atoms with Crippen LogP contribution >= 0.6 is 11.3 Å². The fourth-order valence-corrected chi connectivity index (χ4v) is 3.05. The standard InChI is InChI=1S/C16H13FO2S/c17-13-5-11(8-18)6-14(7-13)19-9-12-10-20-16-4-2-1-3-15(12)16/h1-7,10,18H,8-9H2. The molecule has 0 aliphatic carbocycles. The minimum atomic E-state index is -0.401. The maximum atomic E-state index is 13.3. The molecular formula is C16H13FO2S. The van der Waals surface area contributed by atoms with Gasteiger partial charge in [-0.2, -0.15) is 0 Å². The van der Waals surface area contributed by atoms with Crippen LogP contribution in [0, 0.1) is 5.82 Å². The number of halogens is 1. The second-order valence-electron chi connectivity index (χ2n) is 4.50. The van der Waals surface area contributed by atoms with Crippen LogP contribution < -0.4 is 4.74 Å². The number of hydrogen-bond donors (Lipinski definition) is 1. The van der Waals surface area contributed by atoms with Crippen LogP contribution in [0.4, 0.5) is 4.39 Å². The summed E-state index contributed by atoms with van der Waals surface area (Å²) < 4.78 is 20.2. The Morgan fingerprint density at radius 3 is 2.85 bits per heavy atom. The number of aliphatic hydroxyl groups is 1. The number of ether oxygens (including phenoxy) is 1. The topological polar surface area (TPSA) is 29.5 Å². The molecule has 4 heteroatoms. The van der Waals surface area contributed by atoms with Gasteiger partial charge in [0.05, 0.1) is 6.61 Å². The number of hydrogen-bond acceptors (Lipinski definition) is 3. The molecule has 0 spiro atoms. The van der Waals surface area contributed by atoms with E-state index in [0.717, 1.165) is 10.9 Å². The Balaban J connectivity index is 1.81. The van der Waals surface area contributed by atoms with E-state index in [1.807, 2.05) is 12.1 Å². The van der Waals surface area contributed by atoms with Crippen molar-refractivity contribution in [2.24, 2.45) is 0 Å². The van der Waals surface area contributed by atoms with Gasteiger partial charge in [0.15, 0.2) is 0 Å². The van der Waals surface area contributed by atoms with Crippen LogP contribution in [0.15, 0.2) is 47.8 Å². The first-order chi connectivity index (χ1) is 9.76. The molecule has 1 heterocycles. The average molecular weight is 288 g/mol. The fraction of sp³-hybridized carbons (Fsp3) is 0.125. The Morgan fingerprint density at radius 2 is 2.00 bits per heavy atom. The van der Waals surface area contributed by atoms with Crippen LogP contribution in [0.1, 0.15) is 11.1 Å². The molecule has 3 aromatic rings. The molecule has 0 bridgehead atoms. The van der Waals surface area contributed by atoms with Crippen LogP contribution in [0.25, 0.3) is 10.1 Å². The van der Waals surface area contributed by atoms with Gasteiger partial charge >= 0.3 is 0 Å². The van der Waals surface area contributed by atoms with Crippen LogP contribution in [0.5, 0.6) is 5.75 Å². The van der Waals surface area contributed by atoms with Crippen molar-refractivity contribution >= 4 is 21.4 Å². The first-order valence-corrected chi connectivity index (χ1v) is 7.12.